The highest BCUT2D eigenvalue weighted by molar-refractivity contribution is 5.77. The van der Waals surface area contributed by atoms with Crippen molar-refractivity contribution in [2.75, 3.05) is 19.8 Å². The molecule has 0 saturated carbocycles. The van der Waals surface area contributed by atoms with Crippen LogP contribution in [0.25, 0.3) is 0 Å². The molecule has 2 rings (SSSR count). The maximum absolute atomic E-state index is 11.1. The number of aliphatic carboxylic acids is 1. The van der Waals surface area contributed by atoms with E-state index in [0.717, 1.165) is 38.9 Å². The summed E-state index contributed by atoms with van der Waals surface area (Å²) in [5.41, 5.74) is -0.975. The normalized spacial score (nSPS) is 28.2. The highest BCUT2D eigenvalue weighted by atomic mass is 16.5. The Morgan fingerprint density at radius 2 is 2.00 bits per heavy atom. The van der Waals surface area contributed by atoms with E-state index in [-0.39, 0.29) is 11.6 Å². The first-order valence-electron chi connectivity index (χ1n) is 6.66. The summed E-state index contributed by atoms with van der Waals surface area (Å²) in [6.07, 6.45) is 3.59. The minimum Gasteiger partial charge on any atom is -0.480 e. The second-order valence-electron chi connectivity index (χ2n) is 5.91. The quantitative estimate of drug-likeness (QED) is 0.794. The molecule has 2 heterocycles. The zero-order valence-corrected chi connectivity index (χ0v) is 11.2. The van der Waals surface area contributed by atoms with Crippen LogP contribution in [0, 0.1) is 0 Å². The van der Waals surface area contributed by atoms with Crippen molar-refractivity contribution in [3.8, 4) is 0 Å². The van der Waals surface area contributed by atoms with Gasteiger partial charge in [0.2, 0.25) is 0 Å². The van der Waals surface area contributed by atoms with Crippen molar-refractivity contribution in [1.82, 2.24) is 5.32 Å². The Hall–Kier alpha value is -0.650. The Balaban J connectivity index is 1.96. The van der Waals surface area contributed by atoms with Crippen LogP contribution in [0.3, 0.4) is 0 Å². The molecule has 0 amide bonds. The van der Waals surface area contributed by atoms with Crippen LogP contribution < -0.4 is 5.32 Å². The summed E-state index contributed by atoms with van der Waals surface area (Å²) < 4.78 is 11.3. The first-order chi connectivity index (χ1) is 8.44. The van der Waals surface area contributed by atoms with Gasteiger partial charge in [-0.2, -0.15) is 0 Å². The standard InChI is InChI=1S/C13H23NO4/c1-12(2,11(15)16)14-10-3-6-18-13(9-10)4-7-17-8-5-13/h10,14H,3-9H2,1-2H3,(H,15,16). The third-order valence-electron chi connectivity index (χ3n) is 4.00. The Morgan fingerprint density at radius 1 is 1.33 bits per heavy atom. The summed E-state index contributed by atoms with van der Waals surface area (Å²) in [5.74, 6) is -0.810. The first-order valence-corrected chi connectivity index (χ1v) is 6.66. The van der Waals surface area contributed by atoms with Gasteiger partial charge in [-0.05, 0) is 39.5 Å². The van der Waals surface area contributed by atoms with Crippen LogP contribution in [0.4, 0.5) is 0 Å². The molecule has 0 bridgehead atoms. The Labute approximate surface area is 108 Å². The van der Waals surface area contributed by atoms with Crippen molar-refractivity contribution in [2.24, 2.45) is 0 Å². The van der Waals surface area contributed by atoms with E-state index < -0.39 is 11.5 Å². The Kier molecular flexibility index (Phi) is 3.94. The number of carboxylic acid groups (broad SMARTS) is 1. The summed E-state index contributed by atoms with van der Waals surface area (Å²) in [4.78, 5) is 11.1. The van der Waals surface area contributed by atoms with E-state index in [1.54, 1.807) is 13.8 Å². The van der Waals surface area contributed by atoms with Crippen LogP contribution in [0.2, 0.25) is 0 Å². The van der Waals surface area contributed by atoms with Crippen LogP contribution in [-0.2, 0) is 14.3 Å². The monoisotopic (exact) mass is 257 g/mol. The number of nitrogens with one attached hydrogen (secondary N) is 1. The molecule has 5 heteroatoms. The van der Waals surface area contributed by atoms with E-state index >= 15 is 0 Å². The Bertz CT molecular complexity index is 305. The molecule has 2 saturated heterocycles. The first kappa shape index (κ1) is 13.8. The fraction of sp³-hybridized carbons (Fsp3) is 0.923. The summed E-state index contributed by atoms with van der Waals surface area (Å²) in [5, 5.41) is 12.4. The van der Waals surface area contributed by atoms with Crippen LogP contribution >= 0.6 is 0 Å². The fourth-order valence-electron chi connectivity index (χ4n) is 2.81. The van der Waals surface area contributed by atoms with Gasteiger partial charge in [0.05, 0.1) is 5.60 Å². The van der Waals surface area contributed by atoms with Gasteiger partial charge in [0.25, 0.3) is 0 Å². The summed E-state index contributed by atoms with van der Waals surface area (Å²) in [7, 11) is 0. The summed E-state index contributed by atoms with van der Waals surface area (Å²) in [6, 6.07) is 0.211. The smallest absolute Gasteiger partial charge is 0.323 e. The Morgan fingerprint density at radius 3 is 2.61 bits per heavy atom. The average Bonchev–Trinajstić information content (AvgIpc) is 2.29. The van der Waals surface area contributed by atoms with Crippen molar-refractivity contribution < 1.29 is 19.4 Å². The maximum Gasteiger partial charge on any atom is 0.323 e. The van der Waals surface area contributed by atoms with Crippen LogP contribution in [0.15, 0.2) is 0 Å². The van der Waals surface area contributed by atoms with E-state index in [9.17, 15) is 4.79 Å². The molecule has 1 spiro atoms. The molecule has 0 radical (unpaired) electrons. The predicted octanol–water partition coefficient (Wildman–Crippen LogP) is 1.17. The average molecular weight is 257 g/mol. The van der Waals surface area contributed by atoms with E-state index in [4.69, 9.17) is 14.6 Å². The number of hydrogen-bond donors (Lipinski definition) is 2. The molecule has 2 N–H and O–H groups in total. The number of hydrogen-bond acceptors (Lipinski definition) is 4. The molecule has 18 heavy (non-hydrogen) atoms. The number of carbonyl (C=O) groups is 1. The number of ether oxygens (including phenoxy) is 2. The zero-order valence-electron chi connectivity index (χ0n) is 11.2. The molecule has 0 aliphatic carbocycles. The largest absolute Gasteiger partial charge is 0.480 e. The minimum absolute atomic E-state index is 0.0945. The summed E-state index contributed by atoms with van der Waals surface area (Å²) in [6.45, 7) is 5.61. The highest BCUT2D eigenvalue weighted by Gasteiger charge is 2.41. The third-order valence-corrected chi connectivity index (χ3v) is 4.00. The van der Waals surface area contributed by atoms with Gasteiger partial charge in [-0.15, -0.1) is 0 Å². The van der Waals surface area contributed by atoms with Gasteiger partial charge in [0.15, 0.2) is 0 Å². The van der Waals surface area contributed by atoms with Crippen molar-refractivity contribution in [1.29, 1.82) is 0 Å². The second kappa shape index (κ2) is 5.15. The molecule has 2 aliphatic rings. The molecule has 0 aromatic heterocycles. The highest BCUT2D eigenvalue weighted by Crippen LogP contribution is 2.34. The lowest BCUT2D eigenvalue weighted by Crippen LogP contribution is -2.57. The van der Waals surface area contributed by atoms with Gasteiger partial charge < -0.3 is 14.6 Å². The molecule has 0 aromatic rings. The van der Waals surface area contributed by atoms with Gasteiger partial charge in [0.1, 0.15) is 5.54 Å². The number of carboxylic acids is 1. The molecule has 1 atom stereocenters. The maximum atomic E-state index is 11.1. The predicted molar refractivity (Wildman–Crippen MR) is 66.6 cm³/mol. The number of rotatable bonds is 3. The molecule has 2 fully saturated rings. The molecule has 1 unspecified atom stereocenters. The fourth-order valence-corrected chi connectivity index (χ4v) is 2.81. The van der Waals surface area contributed by atoms with E-state index in [1.165, 1.54) is 0 Å². The zero-order chi connectivity index (χ0) is 13.2. The molecular weight excluding hydrogens is 234 g/mol. The molecule has 0 aromatic carbocycles. The molecular formula is C13H23NO4. The van der Waals surface area contributed by atoms with Gasteiger partial charge >= 0.3 is 5.97 Å². The van der Waals surface area contributed by atoms with E-state index in [0.29, 0.717) is 6.61 Å². The summed E-state index contributed by atoms with van der Waals surface area (Å²) >= 11 is 0. The van der Waals surface area contributed by atoms with Gasteiger partial charge in [-0.3, -0.25) is 10.1 Å². The van der Waals surface area contributed by atoms with E-state index in [2.05, 4.69) is 5.32 Å². The minimum atomic E-state index is -0.881. The lowest BCUT2D eigenvalue weighted by atomic mass is 9.83. The van der Waals surface area contributed by atoms with Crippen molar-refractivity contribution in [3.63, 3.8) is 0 Å². The van der Waals surface area contributed by atoms with Gasteiger partial charge in [-0.25, -0.2) is 0 Å². The molecule has 104 valence electrons. The third kappa shape index (κ3) is 3.02. The van der Waals surface area contributed by atoms with Crippen molar-refractivity contribution in [2.45, 2.75) is 56.7 Å². The van der Waals surface area contributed by atoms with E-state index in [1.807, 2.05) is 0 Å². The topological polar surface area (TPSA) is 67.8 Å². The van der Waals surface area contributed by atoms with Crippen LogP contribution in [-0.4, -0.2) is 48.1 Å². The van der Waals surface area contributed by atoms with Crippen LogP contribution in [0.1, 0.15) is 39.5 Å². The van der Waals surface area contributed by atoms with Crippen LogP contribution in [0.5, 0.6) is 0 Å². The molecule has 2 aliphatic heterocycles. The second-order valence-corrected chi connectivity index (χ2v) is 5.91. The van der Waals surface area contributed by atoms with Gasteiger partial charge in [-0.1, -0.05) is 0 Å². The SMILES string of the molecule is CC(C)(NC1CCOC2(CCOCC2)C1)C(=O)O. The van der Waals surface area contributed by atoms with Crippen molar-refractivity contribution in [3.05, 3.63) is 0 Å². The van der Waals surface area contributed by atoms with Gasteiger partial charge in [0, 0.05) is 25.9 Å². The van der Waals surface area contributed by atoms with Crippen molar-refractivity contribution >= 4 is 5.97 Å². The molecule has 5 nitrogen and oxygen atoms in total. The lowest BCUT2D eigenvalue weighted by molar-refractivity contribution is -0.151. The lowest BCUT2D eigenvalue weighted by Gasteiger charge is -2.44.